The number of imidazole rings is 1. The molecule has 2 atom stereocenters. The first-order valence-corrected chi connectivity index (χ1v) is 11.1. The van der Waals surface area contributed by atoms with Crippen LogP contribution in [0.3, 0.4) is 0 Å². The van der Waals surface area contributed by atoms with Crippen LogP contribution in [0.2, 0.25) is 0 Å². The van der Waals surface area contributed by atoms with Crippen LogP contribution in [0.4, 0.5) is 0 Å². The molecule has 1 aliphatic rings. The van der Waals surface area contributed by atoms with Gasteiger partial charge < -0.3 is 4.98 Å². The Labute approximate surface area is 156 Å². The molecule has 1 N–H and O–H groups in total. The molecule has 26 heavy (non-hydrogen) atoms. The first-order chi connectivity index (χ1) is 12.5. The van der Waals surface area contributed by atoms with Gasteiger partial charge in [-0.2, -0.15) is 0 Å². The van der Waals surface area contributed by atoms with E-state index in [1.54, 1.807) is 30.5 Å². The minimum atomic E-state index is -3.39. The molecule has 3 rings (SSSR count). The predicted octanol–water partition coefficient (Wildman–Crippen LogP) is 3.83. The molecule has 2 heterocycles. The smallest absolute Gasteiger partial charge is 0.194 e. The lowest BCUT2D eigenvalue weighted by molar-refractivity contribution is 0.175. The molecule has 0 bridgehead atoms. The topological polar surface area (TPSA) is 66.1 Å². The standard InChI is InChI=1S/C20H29N3O2S/c1-16(2)10-11-19(26(24,25)18-8-4-3-5-9-18)23-14-6-7-17(15-23)20-21-12-13-22-20/h3-5,8-9,12-13,16-17,19H,6-7,10-11,14-15H2,1-2H3,(H,21,22). The number of aromatic amines is 1. The minimum absolute atomic E-state index is 0.270. The highest BCUT2D eigenvalue weighted by Crippen LogP contribution is 2.31. The molecule has 2 unspecified atom stereocenters. The van der Waals surface area contributed by atoms with E-state index in [2.05, 4.69) is 28.7 Å². The van der Waals surface area contributed by atoms with Crippen molar-refractivity contribution in [2.75, 3.05) is 13.1 Å². The number of likely N-dealkylation sites (tertiary alicyclic amines) is 1. The van der Waals surface area contributed by atoms with Crippen molar-refractivity contribution in [2.45, 2.75) is 55.7 Å². The van der Waals surface area contributed by atoms with Crippen LogP contribution in [0.15, 0.2) is 47.6 Å². The van der Waals surface area contributed by atoms with E-state index in [0.717, 1.165) is 38.2 Å². The van der Waals surface area contributed by atoms with E-state index in [9.17, 15) is 8.42 Å². The normalized spacial score (nSPS) is 20.3. The molecule has 0 spiro atoms. The van der Waals surface area contributed by atoms with Crippen molar-refractivity contribution in [1.29, 1.82) is 0 Å². The molecule has 0 saturated carbocycles. The second-order valence-corrected chi connectivity index (χ2v) is 9.70. The van der Waals surface area contributed by atoms with Gasteiger partial charge in [0.1, 0.15) is 11.2 Å². The second-order valence-electron chi connectivity index (χ2n) is 7.59. The maximum Gasteiger partial charge on any atom is 0.194 e. The van der Waals surface area contributed by atoms with Gasteiger partial charge in [0, 0.05) is 24.9 Å². The fraction of sp³-hybridized carbons (Fsp3) is 0.550. The summed E-state index contributed by atoms with van der Waals surface area (Å²) in [4.78, 5) is 10.2. The number of hydrogen-bond donors (Lipinski definition) is 1. The van der Waals surface area contributed by atoms with Crippen molar-refractivity contribution in [3.63, 3.8) is 0 Å². The molecule has 0 aliphatic carbocycles. The Morgan fingerprint density at radius 2 is 2.00 bits per heavy atom. The summed E-state index contributed by atoms with van der Waals surface area (Å²) in [5.74, 6) is 1.72. The molecule has 1 aromatic carbocycles. The zero-order valence-electron chi connectivity index (χ0n) is 15.6. The van der Waals surface area contributed by atoms with Crippen molar-refractivity contribution < 1.29 is 8.42 Å². The molecule has 0 amide bonds. The third-order valence-electron chi connectivity index (χ3n) is 5.19. The van der Waals surface area contributed by atoms with E-state index in [-0.39, 0.29) is 5.92 Å². The maximum atomic E-state index is 13.4. The highest BCUT2D eigenvalue weighted by molar-refractivity contribution is 7.92. The molecule has 1 fully saturated rings. The van der Waals surface area contributed by atoms with Crippen molar-refractivity contribution in [3.05, 3.63) is 48.5 Å². The fourth-order valence-corrected chi connectivity index (χ4v) is 5.65. The van der Waals surface area contributed by atoms with Gasteiger partial charge in [0.25, 0.3) is 0 Å². The van der Waals surface area contributed by atoms with Crippen molar-refractivity contribution in [1.82, 2.24) is 14.9 Å². The van der Waals surface area contributed by atoms with E-state index >= 15 is 0 Å². The number of nitrogens with zero attached hydrogens (tertiary/aromatic N) is 2. The summed E-state index contributed by atoms with van der Waals surface area (Å²) < 4.78 is 26.7. The largest absolute Gasteiger partial charge is 0.348 e. The summed E-state index contributed by atoms with van der Waals surface area (Å²) >= 11 is 0. The van der Waals surface area contributed by atoms with Crippen molar-refractivity contribution in [3.8, 4) is 0 Å². The lowest BCUT2D eigenvalue weighted by Crippen LogP contribution is -2.46. The maximum absolute atomic E-state index is 13.4. The van der Waals surface area contributed by atoms with Gasteiger partial charge in [-0.05, 0) is 50.3 Å². The highest BCUT2D eigenvalue weighted by atomic mass is 32.2. The van der Waals surface area contributed by atoms with Crippen LogP contribution in [0.25, 0.3) is 0 Å². The Morgan fingerprint density at radius 3 is 2.65 bits per heavy atom. The van der Waals surface area contributed by atoms with Gasteiger partial charge >= 0.3 is 0 Å². The molecule has 6 heteroatoms. The monoisotopic (exact) mass is 375 g/mol. The van der Waals surface area contributed by atoms with E-state index in [1.165, 1.54) is 0 Å². The molecule has 1 aliphatic heterocycles. The van der Waals surface area contributed by atoms with Crippen LogP contribution in [0.5, 0.6) is 0 Å². The number of hydrogen-bond acceptors (Lipinski definition) is 4. The predicted molar refractivity (Wildman–Crippen MR) is 104 cm³/mol. The quantitative estimate of drug-likeness (QED) is 0.799. The SMILES string of the molecule is CC(C)CCC(N1CCCC(c2ncc[nH]2)C1)S(=O)(=O)c1ccccc1. The Morgan fingerprint density at radius 1 is 1.23 bits per heavy atom. The summed E-state index contributed by atoms with van der Waals surface area (Å²) in [7, 11) is -3.39. The van der Waals surface area contributed by atoms with Crippen LogP contribution in [-0.2, 0) is 9.84 Å². The van der Waals surface area contributed by atoms with Gasteiger partial charge in [-0.3, -0.25) is 4.90 Å². The van der Waals surface area contributed by atoms with Gasteiger partial charge in [-0.1, -0.05) is 32.0 Å². The third-order valence-corrected chi connectivity index (χ3v) is 7.37. The summed E-state index contributed by atoms with van der Waals surface area (Å²) in [6.45, 7) is 5.86. The number of benzene rings is 1. The second kappa shape index (κ2) is 8.35. The molecular formula is C20H29N3O2S. The lowest BCUT2D eigenvalue weighted by Gasteiger charge is -2.37. The summed E-state index contributed by atoms with van der Waals surface area (Å²) in [6.07, 6.45) is 7.22. The van der Waals surface area contributed by atoms with E-state index in [0.29, 0.717) is 17.2 Å². The van der Waals surface area contributed by atoms with Gasteiger partial charge in [0.05, 0.1) is 4.90 Å². The van der Waals surface area contributed by atoms with Crippen LogP contribution < -0.4 is 0 Å². The minimum Gasteiger partial charge on any atom is -0.348 e. The molecule has 5 nitrogen and oxygen atoms in total. The Hall–Kier alpha value is -1.66. The Kier molecular flexibility index (Phi) is 6.14. The molecule has 142 valence electrons. The average molecular weight is 376 g/mol. The number of aromatic nitrogens is 2. The molecular weight excluding hydrogens is 346 g/mol. The highest BCUT2D eigenvalue weighted by Gasteiger charge is 2.36. The Bertz CT molecular complexity index is 773. The molecule has 0 radical (unpaired) electrons. The zero-order valence-corrected chi connectivity index (χ0v) is 16.5. The van der Waals surface area contributed by atoms with Gasteiger partial charge in [0.15, 0.2) is 9.84 Å². The van der Waals surface area contributed by atoms with E-state index in [1.807, 2.05) is 12.3 Å². The number of nitrogens with one attached hydrogen (secondary N) is 1. The summed E-state index contributed by atoms with van der Waals surface area (Å²) in [5.41, 5.74) is 0. The molecule has 1 saturated heterocycles. The number of piperidine rings is 1. The lowest BCUT2D eigenvalue weighted by atomic mass is 9.96. The van der Waals surface area contributed by atoms with Gasteiger partial charge in [-0.15, -0.1) is 0 Å². The number of rotatable bonds is 7. The van der Waals surface area contributed by atoms with E-state index < -0.39 is 15.2 Å². The van der Waals surface area contributed by atoms with Crippen molar-refractivity contribution >= 4 is 9.84 Å². The number of sulfone groups is 1. The Balaban J connectivity index is 1.85. The van der Waals surface area contributed by atoms with Crippen molar-refractivity contribution in [2.24, 2.45) is 5.92 Å². The zero-order chi connectivity index (χ0) is 18.6. The van der Waals surface area contributed by atoms with Gasteiger partial charge in [0.2, 0.25) is 0 Å². The fourth-order valence-electron chi connectivity index (χ4n) is 3.77. The van der Waals surface area contributed by atoms with Crippen LogP contribution >= 0.6 is 0 Å². The summed E-state index contributed by atoms with van der Waals surface area (Å²) in [5, 5.41) is -0.468. The number of H-pyrrole nitrogens is 1. The average Bonchev–Trinajstić information content (AvgIpc) is 3.17. The summed E-state index contributed by atoms with van der Waals surface area (Å²) in [6, 6.07) is 8.88. The van der Waals surface area contributed by atoms with E-state index in [4.69, 9.17) is 0 Å². The molecule has 2 aromatic rings. The van der Waals surface area contributed by atoms with Crippen LogP contribution in [0.1, 0.15) is 51.3 Å². The first kappa shape index (κ1) is 19.1. The molecule has 1 aromatic heterocycles. The van der Waals surface area contributed by atoms with Crippen LogP contribution in [0, 0.1) is 5.92 Å². The first-order valence-electron chi connectivity index (χ1n) is 9.50. The third kappa shape index (κ3) is 4.35. The van der Waals surface area contributed by atoms with Crippen LogP contribution in [-0.4, -0.2) is 41.7 Å². The van der Waals surface area contributed by atoms with Gasteiger partial charge in [-0.25, -0.2) is 13.4 Å².